The lowest BCUT2D eigenvalue weighted by molar-refractivity contribution is -0.694. The predicted octanol–water partition coefficient (Wildman–Crippen LogP) is -0.336. The van der Waals surface area contributed by atoms with Gasteiger partial charge in [-0.15, -0.1) is 0 Å². The van der Waals surface area contributed by atoms with Crippen molar-refractivity contribution in [3.63, 3.8) is 0 Å². The topological polar surface area (TPSA) is 128 Å². The van der Waals surface area contributed by atoms with Gasteiger partial charge in [0.05, 0.1) is 7.11 Å². The van der Waals surface area contributed by atoms with Crippen molar-refractivity contribution < 1.29 is 38.0 Å². The van der Waals surface area contributed by atoms with Crippen LogP contribution in [-0.4, -0.2) is 32.1 Å². The number of pyridine rings is 1. The number of rotatable bonds is 5. The van der Waals surface area contributed by atoms with Gasteiger partial charge in [-0.3, -0.25) is 9.13 Å². The van der Waals surface area contributed by atoms with E-state index < -0.39 is 27.1 Å². The van der Waals surface area contributed by atoms with Gasteiger partial charge in [0.2, 0.25) is 11.6 Å². The molecule has 0 spiro atoms. The molecule has 0 aliphatic carbocycles. The van der Waals surface area contributed by atoms with Gasteiger partial charge >= 0.3 is 15.2 Å². The van der Waals surface area contributed by atoms with Crippen LogP contribution in [0.4, 0.5) is 0 Å². The van der Waals surface area contributed by atoms with Gasteiger partial charge in [0, 0.05) is 6.07 Å². The summed E-state index contributed by atoms with van der Waals surface area (Å²) in [4.78, 5) is 35.9. The van der Waals surface area contributed by atoms with Crippen LogP contribution in [-0.2, 0) is 15.7 Å². The smallest absolute Gasteiger partial charge is 0.347 e. The molecule has 1 rings (SSSR count). The third-order valence-corrected chi connectivity index (χ3v) is 5.90. The molecule has 0 radical (unpaired) electrons. The second-order valence-corrected chi connectivity index (χ2v) is 7.61. The average Bonchev–Trinajstić information content (AvgIpc) is 2.23. The minimum atomic E-state index is -4.91. The first-order valence-electron chi connectivity index (χ1n) is 4.78. The van der Waals surface area contributed by atoms with E-state index in [0.29, 0.717) is 5.75 Å². The summed E-state index contributed by atoms with van der Waals surface area (Å²) in [6.07, 6.45) is 2.82. The van der Waals surface area contributed by atoms with Crippen LogP contribution in [0.1, 0.15) is 0 Å². The zero-order chi connectivity index (χ0) is 14.0. The minimum Gasteiger partial charge on any atom is -0.491 e. The Hall–Kier alpha value is -0.750. The van der Waals surface area contributed by atoms with Crippen LogP contribution in [0.25, 0.3) is 0 Å². The summed E-state index contributed by atoms with van der Waals surface area (Å²) in [5.74, 6) is 0.410. The number of aromatic nitrogens is 1. The molecule has 4 N–H and O–H groups in total. The first-order chi connectivity index (χ1) is 8.14. The fourth-order valence-electron chi connectivity index (χ4n) is 1.33. The Balaban J connectivity index is 3.04. The van der Waals surface area contributed by atoms with Gasteiger partial charge < -0.3 is 24.3 Å². The molecule has 0 saturated carbocycles. The Morgan fingerprint density at radius 2 is 1.83 bits per heavy atom. The highest BCUT2D eigenvalue weighted by Gasteiger charge is 2.46. The number of hydrogen-bond donors (Lipinski definition) is 4. The number of ether oxygens (including phenoxy) is 1. The van der Waals surface area contributed by atoms with Gasteiger partial charge in [0.1, 0.15) is 0 Å². The number of nitrogens with zero attached hydrogens (tertiary/aromatic N) is 1. The Morgan fingerprint density at radius 3 is 2.28 bits per heavy atom. The molecule has 1 aromatic rings. The lowest BCUT2D eigenvalue weighted by atomic mass is 10.4. The van der Waals surface area contributed by atoms with E-state index in [1.165, 1.54) is 30.1 Å². The zero-order valence-corrected chi connectivity index (χ0v) is 11.2. The van der Waals surface area contributed by atoms with Crippen molar-refractivity contribution in [3.8, 4) is 5.75 Å². The van der Waals surface area contributed by atoms with Crippen LogP contribution in [0.5, 0.6) is 5.75 Å². The van der Waals surface area contributed by atoms with E-state index in [2.05, 4.69) is 0 Å². The monoisotopic (exact) mass is 298 g/mol. The van der Waals surface area contributed by atoms with Crippen LogP contribution in [0.2, 0.25) is 0 Å². The summed E-state index contributed by atoms with van der Waals surface area (Å²) in [5.41, 5.74) is 0. The van der Waals surface area contributed by atoms with Crippen LogP contribution in [0.15, 0.2) is 24.5 Å². The lowest BCUT2D eigenvalue weighted by Crippen LogP contribution is -2.39. The van der Waals surface area contributed by atoms with E-state index in [9.17, 15) is 9.13 Å². The van der Waals surface area contributed by atoms with Crippen molar-refractivity contribution in [3.05, 3.63) is 24.5 Å². The maximum Gasteiger partial charge on any atom is 0.347 e. The summed E-state index contributed by atoms with van der Waals surface area (Å²) < 4.78 is 28.3. The molecule has 0 aliphatic heterocycles. The van der Waals surface area contributed by atoms with Gasteiger partial charge in [-0.25, -0.2) is 4.57 Å². The molecule has 18 heavy (non-hydrogen) atoms. The molecule has 0 amide bonds. The molecule has 10 heteroatoms. The highest BCUT2D eigenvalue weighted by atomic mass is 31.2. The summed E-state index contributed by atoms with van der Waals surface area (Å²) in [5, 5.41) is -2.07. The van der Waals surface area contributed by atoms with E-state index in [1.54, 1.807) is 6.07 Å². The lowest BCUT2D eigenvalue weighted by Gasteiger charge is -2.16. The van der Waals surface area contributed by atoms with E-state index in [1.807, 2.05) is 0 Å². The minimum absolute atomic E-state index is 0.410. The van der Waals surface area contributed by atoms with Crippen molar-refractivity contribution in [2.75, 3.05) is 7.11 Å². The Morgan fingerprint density at radius 1 is 1.28 bits per heavy atom. The molecule has 0 aliphatic rings. The largest absolute Gasteiger partial charge is 0.491 e. The molecule has 1 aromatic heterocycles. The fraction of sp³-hybridized carbons (Fsp3) is 0.375. The second-order valence-electron chi connectivity index (χ2n) is 3.60. The average molecular weight is 298 g/mol. The fourth-order valence-corrected chi connectivity index (χ4v) is 3.70. The molecule has 1 heterocycles. The van der Waals surface area contributed by atoms with Crippen LogP contribution in [0, 0.1) is 0 Å². The molecule has 0 bridgehead atoms. The summed E-state index contributed by atoms with van der Waals surface area (Å²) in [7, 11) is -8.42. The molecule has 0 saturated heterocycles. The molecule has 102 valence electrons. The van der Waals surface area contributed by atoms with E-state index >= 15 is 0 Å². The SMILES string of the molecule is COc1ccc[n+](CC(P(=O)(O)O)P(=O)(O)O)c1. The van der Waals surface area contributed by atoms with Gasteiger partial charge in [-0.1, -0.05) is 0 Å². The normalized spacial score (nSPS) is 12.8. The third kappa shape index (κ3) is 4.17. The quantitative estimate of drug-likeness (QED) is 0.432. The Labute approximate surface area is 103 Å². The van der Waals surface area contributed by atoms with Crippen molar-refractivity contribution in [1.29, 1.82) is 0 Å². The number of hydrogen-bond acceptors (Lipinski definition) is 3. The maximum atomic E-state index is 11.1. The molecule has 0 unspecified atom stereocenters. The molecule has 0 atom stereocenters. The van der Waals surface area contributed by atoms with E-state index in [4.69, 9.17) is 24.3 Å². The maximum absolute atomic E-state index is 11.1. The third-order valence-electron chi connectivity index (χ3n) is 2.22. The van der Waals surface area contributed by atoms with Crippen molar-refractivity contribution in [1.82, 2.24) is 0 Å². The highest BCUT2D eigenvalue weighted by Crippen LogP contribution is 2.59. The molecular formula is C8H14NO7P2+. The van der Waals surface area contributed by atoms with E-state index in [0.717, 1.165) is 0 Å². The van der Waals surface area contributed by atoms with Gasteiger partial charge in [0.25, 0.3) is 0 Å². The zero-order valence-electron chi connectivity index (χ0n) is 9.45. The number of methoxy groups -OCH3 is 1. The first-order valence-corrected chi connectivity index (χ1v) is 8.14. The predicted molar refractivity (Wildman–Crippen MR) is 61.1 cm³/mol. The molecule has 0 aromatic carbocycles. The summed E-state index contributed by atoms with van der Waals surface area (Å²) in [6.45, 7) is -0.508. The summed E-state index contributed by atoms with van der Waals surface area (Å²) in [6, 6.07) is 3.13. The van der Waals surface area contributed by atoms with E-state index in [-0.39, 0.29) is 0 Å². The molecular weight excluding hydrogens is 284 g/mol. The standard InChI is InChI=1S/C8H13NO7P2/c1-16-7-3-2-4-9(5-7)6-8(17(10,11)12)18(13,14)15/h2-5,8H,6H2,1H3,(H3-,10,11,12,13,14,15)/p+1. The van der Waals surface area contributed by atoms with Crippen molar-refractivity contribution in [2.24, 2.45) is 0 Å². The Bertz CT molecular complexity index is 486. The van der Waals surface area contributed by atoms with Crippen LogP contribution >= 0.6 is 15.2 Å². The van der Waals surface area contributed by atoms with Crippen LogP contribution in [0.3, 0.4) is 0 Å². The highest BCUT2D eigenvalue weighted by molar-refractivity contribution is 7.70. The molecule has 8 nitrogen and oxygen atoms in total. The summed E-state index contributed by atoms with van der Waals surface area (Å²) >= 11 is 0. The van der Waals surface area contributed by atoms with Gasteiger partial charge in [-0.2, -0.15) is 0 Å². The Kier molecular flexibility index (Phi) is 4.66. The van der Waals surface area contributed by atoms with Gasteiger partial charge in [0.15, 0.2) is 18.5 Å². The molecule has 0 fully saturated rings. The van der Waals surface area contributed by atoms with Crippen molar-refractivity contribution in [2.45, 2.75) is 11.9 Å². The van der Waals surface area contributed by atoms with Crippen molar-refractivity contribution >= 4 is 15.2 Å². The van der Waals surface area contributed by atoms with Gasteiger partial charge in [-0.05, 0) is 6.07 Å². The van der Waals surface area contributed by atoms with Crippen LogP contribution < -0.4 is 9.30 Å². The second kappa shape index (κ2) is 5.48. The first kappa shape index (κ1) is 15.3.